The number of rotatable bonds is 5. The molecule has 34 heavy (non-hydrogen) atoms. The summed E-state index contributed by atoms with van der Waals surface area (Å²) in [7, 11) is 0. The maximum absolute atomic E-state index is 11.8. The number of carbonyl (C=O) groups excluding carboxylic acids is 1. The largest absolute Gasteiger partial charge is 0.462 e. The Hall–Kier alpha value is -2.46. The molecule has 1 amide bonds. The first-order valence-corrected chi connectivity index (χ1v) is 11.5. The van der Waals surface area contributed by atoms with Crippen molar-refractivity contribution in [1.29, 1.82) is 0 Å². The van der Waals surface area contributed by atoms with Crippen LogP contribution in [0.3, 0.4) is 0 Å². The summed E-state index contributed by atoms with van der Waals surface area (Å²) in [6.45, 7) is 0.980. The summed E-state index contributed by atoms with van der Waals surface area (Å²) in [6, 6.07) is 5.17. The van der Waals surface area contributed by atoms with Crippen molar-refractivity contribution in [3.63, 3.8) is 0 Å². The lowest BCUT2D eigenvalue weighted by Crippen LogP contribution is -2.55. The van der Waals surface area contributed by atoms with Crippen LogP contribution >= 0.6 is 11.6 Å². The van der Waals surface area contributed by atoms with E-state index in [1.165, 1.54) is 18.1 Å². The fourth-order valence-corrected chi connectivity index (χ4v) is 4.55. The van der Waals surface area contributed by atoms with Gasteiger partial charge in [0.15, 0.2) is 0 Å². The number of carbonyl (C=O) groups is 1. The molecule has 1 aromatic carbocycles. The number of hydrogen-bond donors (Lipinski definition) is 4. The van der Waals surface area contributed by atoms with Crippen LogP contribution in [0, 0.1) is 0 Å². The van der Waals surface area contributed by atoms with E-state index < -0.39 is 37.1 Å². The summed E-state index contributed by atoms with van der Waals surface area (Å²) in [5.41, 5.74) is 3.28. The van der Waals surface area contributed by atoms with E-state index in [1.54, 1.807) is 30.6 Å². The fraction of sp³-hybridized carbons (Fsp3) is 0.400. The summed E-state index contributed by atoms with van der Waals surface area (Å²) in [5.74, 6) is 0.471. The molecule has 0 radical (unpaired) electrons. The maximum Gasteiger partial charge on any atom is 0.227 e. The molecule has 5 atom stereocenters. The SMILES string of the molecule is CC(=O)N1C=COC(C2=C(Cc3cc(C4OC(CO)C(O)C(O)C4O)ccc3Cl)C=CCC2)=C1. The molecular formula is C25H28ClNO7. The van der Waals surface area contributed by atoms with Crippen LogP contribution in [0.4, 0.5) is 0 Å². The number of aliphatic hydroxyl groups excluding tert-OH is 4. The van der Waals surface area contributed by atoms with Crippen molar-refractivity contribution in [2.24, 2.45) is 0 Å². The molecule has 182 valence electrons. The highest BCUT2D eigenvalue weighted by Gasteiger charge is 2.44. The number of benzene rings is 1. The molecule has 9 heteroatoms. The van der Waals surface area contributed by atoms with Crippen LogP contribution in [0.5, 0.6) is 0 Å². The summed E-state index contributed by atoms with van der Waals surface area (Å²) in [5, 5.41) is 40.7. The molecule has 1 aliphatic carbocycles. The van der Waals surface area contributed by atoms with Crippen LogP contribution < -0.4 is 0 Å². The standard InChI is InChI=1S/C25H28ClNO7/c1-14(29)27-8-9-33-20(12-27)18-5-3-2-4-15(18)10-17-11-16(6-7-19(17)26)25-24(32)23(31)22(30)21(13-28)34-25/h2,4,6-9,11-12,21-25,28,30-32H,3,5,10,13H2,1H3. The highest BCUT2D eigenvalue weighted by atomic mass is 35.5. The van der Waals surface area contributed by atoms with Crippen molar-refractivity contribution in [2.75, 3.05) is 6.61 Å². The Balaban J connectivity index is 1.64. The number of halogens is 1. The van der Waals surface area contributed by atoms with Gasteiger partial charge in [0.1, 0.15) is 42.5 Å². The maximum atomic E-state index is 11.8. The number of aliphatic hydroxyl groups is 4. The molecular weight excluding hydrogens is 462 g/mol. The van der Waals surface area contributed by atoms with E-state index in [0.717, 1.165) is 29.6 Å². The Morgan fingerprint density at radius 3 is 2.74 bits per heavy atom. The third-order valence-electron chi connectivity index (χ3n) is 6.27. The predicted octanol–water partition coefficient (Wildman–Crippen LogP) is 2.24. The van der Waals surface area contributed by atoms with Gasteiger partial charge in [-0.15, -0.1) is 0 Å². The van der Waals surface area contributed by atoms with Crippen LogP contribution in [0.2, 0.25) is 5.02 Å². The lowest BCUT2D eigenvalue weighted by molar-refractivity contribution is -0.231. The molecule has 1 aromatic rings. The van der Waals surface area contributed by atoms with Crippen molar-refractivity contribution in [1.82, 2.24) is 4.90 Å². The molecule has 0 spiro atoms. The molecule has 0 bridgehead atoms. The zero-order chi connectivity index (χ0) is 24.4. The van der Waals surface area contributed by atoms with Crippen LogP contribution in [0.15, 0.2) is 65.9 Å². The molecule has 2 aliphatic heterocycles. The molecule has 0 saturated carbocycles. The fourth-order valence-electron chi connectivity index (χ4n) is 4.36. The van der Waals surface area contributed by atoms with Crippen LogP contribution in [0.1, 0.15) is 37.0 Å². The minimum atomic E-state index is -1.46. The van der Waals surface area contributed by atoms with E-state index >= 15 is 0 Å². The first-order chi connectivity index (χ1) is 16.3. The van der Waals surface area contributed by atoms with Gasteiger partial charge in [-0.05, 0) is 42.0 Å². The molecule has 1 fully saturated rings. The van der Waals surface area contributed by atoms with Crippen LogP contribution in [0.25, 0.3) is 0 Å². The molecule has 8 nitrogen and oxygen atoms in total. The van der Waals surface area contributed by atoms with Crippen molar-refractivity contribution in [2.45, 2.75) is 56.7 Å². The van der Waals surface area contributed by atoms with E-state index in [-0.39, 0.29) is 5.91 Å². The minimum absolute atomic E-state index is 0.124. The van der Waals surface area contributed by atoms with Crippen molar-refractivity contribution in [3.05, 3.63) is 82.1 Å². The third kappa shape index (κ3) is 4.98. The molecule has 4 rings (SSSR count). The predicted molar refractivity (Wildman–Crippen MR) is 124 cm³/mol. The third-order valence-corrected chi connectivity index (χ3v) is 6.64. The second-order valence-corrected chi connectivity index (χ2v) is 8.95. The van der Waals surface area contributed by atoms with E-state index in [2.05, 4.69) is 6.08 Å². The lowest BCUT2D eigenvalue weighted by atomic mass is 9.88. The quantitative estimate of drug-likeness (QED) is 0.500. The van der Waals surface area contributed by atoms with Crippen molar-refractivity contribution < 1.29 is 34.7 Å². The minimum Gasteiger partial charge on any atom is -0.462 e. The van der Waals surface area contributed by atoms with E-state index in [4.69, 9.17) is 21.1 Å². The van der Waals surface area contributed by atoms with Crippen molar-refractivity contribution in [3.8, 4) is 0 Å². The first kappa shape index (κ1) is 24.7. The van der Waals surface area contributed by atoms with Gasteiger partial charge in [0.2, 0.25) is 5.91 Å². The van der Waals surface area contributed by atoms with Gasteiger partial charge in [-0.3, -0.25) is 9.69 Å². The monoisotopic (exact) mass is 489 g/mol. The molecule has 5 unspecified atom stereocenters. The Morgan fingerprint density at radius 1 is 1.21 bits per heavy atom. The average molecular weight is 490 g/mol. The number of allylic oxidation sites excluding steroid dienone is 4. The Labute approximate surface area is 202 Å². The van der Waals surface area contributed by atoms with Gasteiger partial charge in [0.05, 0.1) is 12.8 Å². The van der Waals surface area contributed by atoms with Gasteiger partial charge in [-0.25, -0.2) is 0 Å². The van der Waals surface area contributed by atoms with Gasteiger partial charge in [0.25, 0.3) is 0 Å². The van der Waals surface area contributed by atoms with Gasteiger partial charge in [-0.2, -0.15) is 0 Å². The van der Waals surface area contributed by atoms with E-state index in [9.17, 15) is 25.2 Å². The van der Waals surface area contributed by atoms with E-state index in [0.29, 0.717) is 22.8 Å². The highest BCUT2D eigenvalue weighted by molar-refractivity contribution is 6.31. The number of nitrogens with zero attached hydrogens (tertiary/aromatic N) is 1. The Morgan fingerprint density at radius 2 is 2.00 bits per heavy atom. The van der Waals surface area contributed by atoms with Gasteiger partial charge >= 0.3 is 0 Å². The molecule has 4 N–H and O–H groups in total. The molecule has 2 heterocycles. The van der Waals surface area contributed by atoms with Crippen molar-refractivity contribution >= 4 is 17.5 Å². The van der Waals surface area contributed by atoms with E-state index in [1.807, 2.05) is 6.08 Å². The lowest BCUT2D eigenvalue weighted by Gasteiger charge is -2.40. The first-order valence-electron chi connectivity index (χ1n) is 11.1. The smallest absolute Gasteiger partial charge is 0.227 e. The van der Waals surface area contributed by atoms with Gasteiger partial charge in [-0.1, -0.05) is 35.9 Å². The summed E-state index contributed by atoms with van der Waals surface area (Å²) >= 11 is 6.51. The highest BCUT2D eigenvalue weighted by Crippen LogP contribution is 2.36. The Kier molecular flexibility index (Phi) is 7.57. The Bertz CT molecular complexity index is 1060. The number of hydrogen-bond acceptors (Lipinski definition) is 7. The topological polar surface area (TPSA) is 120 Å². The molecule has 0 aromatic heterocycles. The number of amides is 1. The molecule has 3 aliphatic rings. The zero-order valence-electron chi connectivity index (χ0n) is 18.7. The van der Waals surface area contributed by atoms with Crippen LogP contribution in [-0.2, 0) is 20.7 Å². The zero-order valence-corrected chi connectivity index (χ0v) is 19.4. The van der Waals surface area contributed by atoms with Gasteiger partial charge in [0, 0.05) is 23.7 Å². The summed E-state index contributed by atoms with van der Waals surface area (Å²) in [4.78, 5) is 13.3. The second-order valence-electron chi connectivity index (χ2n) is 8.54. The number of ether oxygens (including phenoxy) is 2. The second kappa shape index (κ2) is 10.4. The van der Waals surface area contributed by atoms with Gasteiger partial charge < -0.3 is 29.9 Å². The average Bonchev–Trinajstić information content (AvgIpc) is 2.85. The van der Waals surface area contributed by atoms with Crippen LogP contribution in [-0.4, -0.2) is 62.3 Å². The summed E-state index contributed by atoms with van der Waals surface area (Å²) < 4.78 is 11.4. The molecule has 1 saturated heterocycles. The normalized spacial score (nSPS) is 29.2. The summed E-state index contributed by atoms with van der Waals surface area (Å²) in [6.07, 6.45) is 4.62.